The van der Waals surface area contributed by atoms with Gasteiger partial charge in [-0.25, -0.2) is 9.97 Å². The average molecular weight is 517 g/mol. The quantitative estimate of drug-likeness (QED) is 0.510. The van der Waals surface area contributed by atoms with E-state index in [4.69, 9.17) is 15.0 Å². The number of carbonyl (C=O) groups is 1. The van der Waals surface area contributed by atoms with E-state index in [2.05, 4.69) is 36.9 Å². The van der Waals surface area contributed by atoms with Gasteiger partial charge in [0.1, 0.15) is 5.69 Å². The Hall–Kier alpha value is -3.31. The fourth-order valence-corrected chi connectivity index (χ4v) is 6.57. The third-order valence-corrected chi connectivity index (χ3v) is 8.68. The molecule has 11 heteroatoms. The van der Waals surface area contributed by atoms with Crippen LogP contribution in [-0.4, -0.2) is 99.1 Å². The number of imidazole rings is 1. The van der Waals surface area contributed by atoms with Crippen molar-refractivity contribution in [3.8, 4) is 0 Å². The monoisotopic (exact) mass is 516 g/mol. The second-order valence-electron chi connectivity index (χ2n) is 11.4. The first-order chi connectivity index (χ1) is 18.6. The van der Waals surface area contributed by atoms with E-state index in [1.165, 1.54) is 12.8 Å². The molecule has 0 aromatic carbocycles. The largest absolute Gasteiger partial charge is 0.338 e. The molecule has 7 rings (SSSR count). The molecule has 0 unspecified atom stereocenters. The van der Waals surface area contributed by atoms with Crippen molar-refractivity contribution in [2.45, 2.75) is 38.6 Å². The predicted octanol–water partition coefficient (Wildman–Crippen LogP) is 2.27. The normalized spacial score (nSPS) is 21.6. The molecule has 1 saturated carbocycles. The summed E-state index contributed by atoms with van der Waals surface area (Å²) in [6.07, 6.45) is 8.46. The Bertz CT molecular complexity index is 1310. The van der Waals surface area contributed by atoms with Gasteiger partial charge in [-0.3, -0.25) is 4.79 Å². The molecule has 3 aromatic rings. The average Bonchev–Trinajstić information content (AvgIpc) is 3.58. The van der Waals surface area contributed by atoms with Crippen LogP contribution in [0.4, 0.5) is 17.5 Å². The van der Waals surface area contributed by atoms with Gasteiger partial charge in [0.2, 0.25) is 5.95 Å². The van der Waals surface area contributed by atoms with Crippen LogP contribution in [0, 0.1) is 5.41 Å². The molecule has 200 valence electrons. The third-order valence-electron chi connectivity index (χ3n) is 8.68. The van der Waals surface area contributed by atoms with Crippen molar-refractivity contribution in [1.82, 2.24) is 39.6 Å². The lowest BCUT2D eigenvalue weighted by atomic mass is 9.72. The number of hydrogen-bond acceptors (Lipinski definition) is 9. The summed E-state index contributed by atoms with van der Waals surface area (Å²) < 4.78 is 2.24. The maximum absolute atomic E-state index is 13.0. The molecule has 0 atom stereocenters. The van der Waals surface area contributed by atoms with Crippen LogP contribution in [0.2, 0.25) is 0 Å². The lowest BCUT2D eigenvalue weighted by molar-refractivity contribution is -0.0960. The lowest BCUT2D eigenvalue weighted by Crippen LogP contribution is -2.72. The topological polar surface area (TPSA) is 107 Å². The summed E-state index contributed by atoms with van der Waals surface area (Å²) >= 11 is 0. The summed E-state index contributed by atoms with van der Waals surface area (Å²) in [6, 6.07) is 4.16. The number of anilines is 3. The molecule has 11 nitrogen and oxygen atoms in total. The van der Waals surface area contributed by atoms with Gasteiger partial charge in [-0.15, -0.1) is 0 Å². The smallest absolute Gasteiger partial charge is 0.272 e. The minimum atomic E-state index is 0.0119. The van der Waals surface area contributed by atoms with Crippen LogP contribution < -0.4 is 15.5 Å². The second-order valence-corrected chi connectivity index (χ2v) is 11.4. The van der Waals surface area contributed by atoms with Gasteiger partial charge in [0.15, 0.2) is 17.0 Å². The molecule has 0 bridgehead atoms. The van der Waals surface area contributed by atoms with Crippen molar-refractivity contribution in [1.29, 1.82) is 0 Å². The highest BCUT2D eigenvalue weighted by Crippen LogP contribution is 2.40. The van der Waals surface area contributed by atoms with Crippen LogP contribution in [0.5, 0.6) is 0 Å². The van der Waals surface area contributed by atoms with E-state index in [0.717, 1.165) is 94.5 Å². The number of piperazine rings is 1. The van der Waals surface area contributed by atoms with Crippen molar-refractivity contribution in [2.75, 3.05) is 69.1 Å². The van der Waals surface area contributed by atoms with Crippen LogP contribution in [0.1, 0.15) is 49.1 Å². The number of likely N-dealkylation sites (tertiary alicyclic amines) is 2. The van der Waals surface area contributed by atoms with Crippen molar-refractivity contribution < 1.29 is 4.79 Å². The van der Waals surface area contributed by atoms with Crippen LogP contribution in [-0.2, 0) is 0 Å². The zero-order chi connectivity index (χ0) is 25.7. The fraction of sp³-hybridized carbons (Fsp3) is 0.593. The van der Waals surface area contributed by atoms with Crippen molar-refractivity contribution >= 4 is 34.5 Å². The number of amides is 1. The summed E-state index contributed by atoms with van der Waals surface area (Å²) in [5.74, 6) is 1.42. The molecule has 3 saturated heterocycles. The van der Waals surface area contributed by atoms with E-state index in [0.29, 0.717) is 23.0 Å². The number of rotatable bonds is 6. The summed E-state index contributed by atoms with van der Waals surface area (Å²) in [5.41, 5.74) is 3.23. The van der Waals surface area contributed by atoms with Gasteiger partial charge < -0.3 is 29.9 Å². The maximum atomic E-state index is 13.0. The standard InChI is InChI=1S/C27H36N10O/c1-2-34-14-27(15-34)16-36(17-27)25(38)21-8-7-19(13-29-21)31-23-22-24(37(18-30-22)20-5-3-4-6-20)33-26(32-23)35-11-9-28-10-12-35/h7-8,13,18,20,28H,2-6,9-12,14-17H2,1H3,(H,31,32,33). The first-order valence-electron chi connectivity index (χ1n) is 14.1. The van der Waals surface area contributed by atoms with Crippen LogP contribution in [0.15, 0.2) is 24.7 Å². The molecule has 1 amide bonds. The zero-order valence-electron chi connectivity index (χ0n) is 22.1. The molecule has 1 aliphatic carbocycles. The number of hydrogen-bond donors (Lipinski definition) is 2. The molecule has 2 N–H and O–H groups in total. The first-order valence-corrected chi connectivity index (χ1v) is 14.1. The number of nitrogens with one attached hydrogen (secondary N) is 2. The molecule has 3 aliphatic heterocycles. The molecule has 3 aromatic heterocycles. The van der Waals surface area contributed by atoms with Crippen LogP contribution in [0.25, 0.3) is 11.2 Å². The Balaban J connectivity index is 1.11. The fourth-order valence-electron chi connectivity index (χ4n) is 6.57. The lowest BCUT2D eigenvalue weighted by Gasteiger charge is -2.60. The highest BCUT2D eigenvalue weighted by Gasteiger charge is 2.52. The second kappa shape index (κ2) is 9.46. The Morgan fingerprint density at radius 2 is 1.87 bits per heavy atom. The van der Waals surface area contributed by atoms with Gasteiger partial charge >= 0.3 is 0 Å². The first kappa shape index (κ1) is 23.8. The highest BCUT2D eigenvalue weighted by molar-refractivity contribution is 5.93. The molecule has 4 aliphatic rings. The van der Waals surface area contributed by atoms with E-state index in [1.807, 2.05) is 23.4 Å². The summed E-state index contributed by atoms with van der Waals surface area (Å²) in [4.78, 5) is 38.7. The Morgan fingerprint density at radius 3 is 2.58 bits per heavy atom. The minimum Gasteiger partial charge on any atom is -0.338 e. The third kappa shape index (κ3) is 4.17. The molecular weight excluding hydrogens is 480 g/mol. The summed E-state index contributed by atoms with van der Waals surface area (Å²) in [7, 11) is 0. The Morgan fingerprint density at radius 1 is 1.08 bits per heavy atom. The van der Waals surface area contributed by atoms with Gasteiger partial charge in [0, 0.05) is 63.8 Å². The SMILES string of the molecule is CCN1CC2(C1)CN(C(=O)c1ccc(Nc3nc(N4CCNCC4)nc4c3ncn4C3CCCC3)cn1)C2. The van der Waals surface area contributed by atoms with E-state index < -0.39 is 0 Å². The van der Waals surface area contributed by atoms with Gasteiger partial charge in [0.05, 0.1) is 18.2 Å². The van der Waals surface area contributed by atoms with E-state index in [1.54, 1.807) is 6.20 Å². The molecule has 0 radical (unpaired) electrons. The summed E-state index contributed by atoms with van der Waals surface area (Å²) in [6.45, 7) is 10.7. The number of nitrogens with zero attached hydrogens (tertiary/aromatic N) is 8. The maximum Gasteiger partial charge on any atom is 0.272 e. The Kier molecular flexibility index (Phi) is 5.92. The number of fused-ring (bicyclic) bond motifs is 1. The van der Waals surface area contributed by atoms with Gasteiger partial charge in [-0.1, -0.05) is 19.8 Å². The Labute approximate surface area is 222 Å². The van der Waals surface area contributed by atoms with Crippen molar-refractivity contribution in [3.63, 3.8) is 0 Å². The van der Waals surface area contributed by atoms with Crippen LogP contribution in [0.3, 0.4) is 0 Å². The molecule has 4 fully saturated rings. The van der Waals surface area contributed by atoms with Gasteiger partial charge in [-0.05, 0) is 31.5 Å². The summed E-state index contributed by atoms with van der Waals surface area (Å²) in [5, 5.41) is 6.84. The van der Waals surface area contributed by atoms with Gasteiger partial charge in [0.25, 0.3) is 5.91 Å². The number of aromatic nitrogens is 5. The van der Waals surface area contributed by atoms with Crippen LogP contribution >= 0.6 is 0 Å². The van der Waals surface area contributed by atoms with Gasteiger partial charge in [-0.2, -0.15) is 9.97 Å². The number of pyridine rings is 1. The molecular formula is C27H36N10O. The van der Waals surface area contributed by atoms with Crippen molar-refractivity contribution in [2.24, 2.45) is 5.41 Å². The molecule has 6 heterocycles. The highest BCUT2D eigenvalue weighted by atomic mass is 16.2. The van der Waals surface area contributed by atoms with Crippen molar-refractivity contribution in [3.05, 3.63) is 30.4 Å². The minimum absolute atomic E-state index is 0.0119. The zero-order valence-corrected chi connectivity index (χ0v) is 22.1. The predicted molar refractivity (Wildman–Crippen MR) is 146 cm³/mol. The van der Waals surface area contributed by atoms with E-state index >= 15 is 0 Å². The van der Waals surface area contributed by atoms with E-state index in [9.17, 15) is 4.79 Å². The molecule has 1 spiro atoms. The molecule has 38 heavy (non-hydrogen) atoms. The number of carbonyl (C=O) groups excluding carboxylic acids is 1. The van der Waals surface area contributed by atoms with E-state index in [-0.39, 0.29) is 5.91 Å².